The molecule has 0 saturated heterocycles. The van der Waals surface area contributed by atoms with E-state index in [9.17, 15) is 4.79 Å². The van der Waals surface area contributed by atoms with Gasteiger partial charge in [-0.2, -0.15) is 0 Å². The van der Waals surface area contributed by atoms with Gasteiger partial charge in [0, 0.05) is 5.57 Å². The van der Waals surface area contributed by atoms with E-state index in [1.54, 1.807) is 25.1 Å². The van der Waals surface area contributed by atoms with Crippen LogP contribution in [-0.2, 0) is 4.79 Å². The van der Waals surface area contributed by atoms with Crippen LogP contribution in [0.1, 0.15) is 41.0 Å². The van der Waals surface area contributed by atoms with Gasteiger partial charge in [0.25, 0.3) is 0 Å². The number of carbonyl (C=O) groups is 1. The summed E-state index contributed by atoms with van der Waals surface area (Å²) in [5, 5.41) is 0. The Hall–Kier alpha value is -1.97. The molecule has 0 spiro atoms. The van der Waals surface area contributed by atoms with E-state index in [1.165, 1.54) is 6.42 Å². The highest BCUT2D eigenvalue weighted by Gasteiger charge is 2.15. The third-order valence-corrected chi connectivity index (χ3v) is 2.08. The van der Waals surface area contributed by atoms with Gasteiger partial charge in [-0.15, -0.1) is 0 Å². The van der Waals surface area contributed by atoms with Crippen LogP contribution in [0.25, 0.3) is 0 Å². The lowest BCUT2D eigenvalue weighted by molar-refractivity contribution is -0.130. The standard InChI is InChI=1S/C14H18O4.C3H8/c1-5-16-11-8-7-9-12(13(11)17-6-2)18-14(15)10(3)4;1-3-2/h7-9H,3,5-6H2,1-2,4H3;3H2,1-2H3. The molecule has 4 nitrogen and oxygen atoms in total. The Balaban J connectivity index is 0.00000122. The maximum absolute atomic E-state index is 11.5. The van der Waals surface area contributed by atoms with E-state index in [0.29, 0.717) is 36.0 Å². The Kier molecular flexibility index (Phi) is 9.76. The van der Waals surface area contributed by atoms with Crippen molar-refractivity contribution in [1.29, 1.82) is 0 Å². The molecule has 21 heavy (non-hydrogen) atoms. The summed E-state index contributed by atoms with van der Waals surface area (Å²) < 4.78 is 16.1. The van der Waals surface area contributed by atoms with Crippen molar-refractivity contribution in [2.75, 3.05) is 13.2 Å². The van der Waals surface area contributed by atoms with Crippen molar-refractivity contribution in [3.8, 4) is 17.2 Å². The maximum Gasteiger partial charge on any atom is 0.338 e. The summed E-state index contributed by atoms with van der Waals surface area (Å²) in [6, 6.07) is 5.18. The predicted molar refractivity (Wildman–Crippen MR) is 85.2 cm³/mol. The number of rotatable bonds is 6. The number of hydrogen-bond donors (Lipinski definition) is 0. The van der Waals surface area contributed by atoms with Gasteiger partial charge < -0.3 is 14.2 Å². The van der Waals surface area contributed by atoms with Gasteiger partial charge >= 0.3 is 5.97 Å². The van der Waals surface area contributed by atoms with Crippen molar-refractivity contribution in [3.05, 3.63) is 30.4 Å². The van der Waals surface area contributed by atoms with Crippen LogP contribution in [0.3, 0.4) is 0 Å². The van der Waals surface area contributed by atoms with E-state index in [1.807, 2.05) is 13.8 Å². The number of benzene rings is 1. The van der Waals surface area contributed by atoms with Crippen LogP contribution in [0.15, 0.2) is 30.4 Å². The summed E-state index contributed by atoms with van der Waals surface area (Å²) in [6.45, 7) is 14.1. The molecule has 0 N–H and O–H groups in total. The summed E-state index contributed by atoms with van der Waals surface area (Å²) >= 11 is 0. The fourth-order valence-electron chi connectivity index (χ4n) is 1.32. The monoisotopic (exact) mass is 294 g/mol. The van der Waals surface area contributed by atoms with E-state index in [0.717, 1.165) is 0 Å². The van der Waals surface area contributed by atoms with E-state index in [4.69, 9.17) is 14.2 Å². The number of para-hydroxylation sites is 1. The molecule has 0 aromatic heterocycles. The third kappa shape index (κ3) is 6.84. The largest absolute Gasteiger partial charge is 0.490 e. The first-order valence-corrected chi connectivity index (χ1v) is 7.27. The van der Waals surface area contributed by atoms with Crippen LogP contribution in [0.2, 0.25) is 0 Å². The molecular formula is C17H26O4. The molecule has 1 rings (SSSR count). The molecule has 0 aliphatic heterocycles. The number of esters is 1. The first kappa shape index (κ1) is 19.0. The molecule has 4 heteroatoms. The fourth-order valence-corrected chi connectivity index (χ4v) is 1.32. The van der Waals surface area contributed by atoms with Gasteiger partial charge in [0.15, 0.2) is 11.5 Å². The lowest BCUT2D eigenvalue weighted by Crippen LogP contribution is -2.10. The van der Waals surface area contributed by atoms with Crippen molar-refractivity contribution in [1.82, 2.24) is 0 Å². The first-order chi connectivity index (χ1) is 10.0. The summed E-state index contributed by atoms with van der Waals surface area (Å²) in [6.07, 6.45) is 1.25. The normalized spacial score (nSPS) is 9.19. The van der Waals surface area contributed by atoms with Crippen LogP contribution in [0.5, 0.6) is 17.2 Å². The first-order valence-electron chi connectivity index (χ1n) is 7.27. The van der Waals surface area contributed by atoms with E-state index in [-0.39, 0.29) is 0 Å². The molecule has 1 aromatic carbocycles. The van der Waals surface area contributed by atoms with E-state index in [2.05, 4.69) is 20.4 Å². The number of hydrogen-bond acceptors (Lipinski definition) is 4. The molecule has 0 bridgehead atoms. The highest BCUT2D eigenvalue weighted by Crippen LogP contribution is 2.37. The van der Waals surface area contributed by atoms with Crippen LogP contribution < -0.4 is 14.2 Å². The Labute approximate surface area is 127 Å². The topological polar surface area (TPSA) is 44.8 Å². The zero-order chi connectivity index (χ0) is 16.3. The second kappa shape index (κ2) is 10.8. The molecule has 0 aliphatic carbocycles. The minimum atomic E-state index is -0.482. The van der Waals surface area contributed by atoms with Crippen LogP contribution in [0.4, 0.5) is 0 Å². The number of carbonyl (C=O) groups excluding carboxylic acids is 1. The summed E-state index contributed by atoms with van der Waals surface area (Å²) in [7, 11) is 0. The SMILES string of the molecule is C=C(C)C(=O)Oc1cccc(OCC)c1OCC.CCC. The van der Waals surface area contributed by atoms with Crippen molar-refractivity contribution < 1.29 is 19.0 Å². The van der Waals surface area contributed by atoms with Crippen LogP contribution in [0, 0.1) is 0 Å². The van der Waals surface area contributed by atoms with Crippen LogP contribution in [-0.4, -0.2) is 19.2 Å². The highest BCUT2D eigenvalue weighted by atomic mass is 16.6. The Morgan fingerprint density at radius 3 is 2.05 bits per heavy atom. The second-order valence-corrected chi connectivity index (χ2v) is 4.33. The Morgan fingerprint density at radius 1 is 1.05 bits per heavy atom. The molecular weight excluding hydrogens is 268 g/mol. The molecule has 0 fully saturated rings. The van der Waals surface area contributed by atoms with Gasteiger partial charge in [-0.25, -0.2) is 4.79 Å². The molecule has 0 saturated carbocycles. The van der Waals surface area contributed by atoms with Crippen molar-refractivity contribution in [2.24, 2.45) is 0 Å². The quantitative estimate of drug-likeness (QED) is 0.443. The van der Waals surface area contributed by atoms with Gasteiger partial charge in [0.1, 0.15) is 0 Å². The fraction of sp³-hybridized carbons (Fsp3) is 0.471. The average molecular weight is 294 g/mol. The average Bonchev–Trinajstić information content (AvgIpc) is 2.43. The maximum atomic E-state index is 11.5. The lowest BCUT2D eigenvalue weighted by atomic mass is 10.3. The zero-order valence-corrected chi connectivity index (χ0v) is 13.7. The lowest BCUT2D eigenvalue weighted by Gasteiger charge is -2.14. The Bertz CT molecular complexity index is 452. The number of ether oxygens (including phenoxy) is 3. The minimum absolute atomic E-state index is 0.333. The third-order valence-electron chi connectivity index (χ3n) is 2.08. The smallest absolute Gasteiger partial charge is 0.338 e. The molecule has 0 aliphatic rings. The Morgan fingerprint density at radius 2 is 1.57 bits per heavy atom. The highest BCUT2D eigenvalue weighted by molar-refractivity contribution is 5.89. The van der Waals surface area contributed by atoms with Crippen molar-refractivity contribution >= 4 is 5.97 Å². The summed E-state index contributed by atoms with van der Waals surface area (Å²) in [5.41, 5.74) is 0.333. The summed E-state index contributed by atoms with van der Waals surface area (Å²) in [5.74, 6) is 0.864. The molecule has 0 unspecified atom stereocenters. The molecule has 0 radical (unpaired) electrons. The summed E-state index contributed by atoms with van der Waals surface area (Å²) in [4.78, 5) is 11.5. The van der Waals surface area contributed by atoms with Crippen molar-refractivity contribution in [2.45, 2.75) is 41.0 Å². The van der Waals surface area contributed by atoms with Gasteiger partial charge in [-0.05, 0) is 32.9 Å². The van der Waals surface area contributed by atoms with Gasteiger partial charge in [0.2, 0.25) is 5.75 Å². The molecule has 118 valence electrons. The van der Waals surface area contributed by atoms with E-state index < -0.39 is 5.97 Å². The van der Waals surface area contributed by atoms with Crippen molar-refractivity contribution in [3.63, 3.8) is 0 Å². The molecule has 1 aromatic rings. The van der Waals surface area contributed by atoms with Crippen LogP contribution >= 0.6 is 0 Å². The van der Waals surface area contributed by atoms with Gasteiger partial charge in [-0.1, -0.05) is 32.9 Å². The molecule has 0 atom stereocenters. The zero-order valence-electron chi connectivity index (χ0n) is 13.7. The van der Waals surface area contributed by atoms with E-state index >= 15 is 0 Å². The molecule has 0 heterocycles. The van der Waals surface area contributed by atoms with Gasteiger partial charge in [0.05, 0.1) is 13.2 Å². The predicted octanol–water partition coefficient (Wildman–Crippen LogP) is 4.38. The molecule has 0 amide bonds. The minimum Gasteiger partial charge on any atom is -0.490 e. The second-order valence-electron chi connectivity index (χ2n) is 4.33. The van der Waals surface area contributed by atoms with Gasteiger partial charge in [-0.3, -0.25) is 0 Å².